The Morgan fingerprint density at radius 3 is 2.47 bits per heavy atom. The summed E-state index contributed by atoms with van der Waals surface area (Å²) < 4.78 is 43.7. The summed E-state index contributed by atoms with van der Waals surface area (Å²) in [4.78, 5) is 24.0. The van der Waals surface area contributed by atoms with E-state index < -0.39 is 17.8 Å². The van der Waals surface area contributed by atoms with E-state index in [1.165, 1.54) is 12.1 Å². The molecule has 1 aliphatic heterocycles. The van der Waals surface area contributed by atoms with Gasteiger partial charge in [0.15, 0.2) is 5.82 Å². The Hall–Kier alpha value is -4.27. The Kier molecular flexibility index (Phi) is 9.62. The zero-order valence-electron chi connectivity index (χ0n) is 26.6. The second-order valence-electron chi connectivity index (χ2n) is 12.5. The van der Waals surface area contributed by atoms with Crippen molar-refractivity contribution in [2.24, 2.45) is 12.8 Å². The quantitative estimate of drug-likeness (QED) is 0.167. The van der Waals surface area contributed by atoms with Crippen molar-refractivity contribution >= 4 is 34.4 Å². The number of aromatic nitrogens is 4. The van der Waals surface area contributed by atoms with Gasteiger partial charge in [0.2, 0.25) is 5.95 Å². The van der Waals surface area contributed by atoms with E-state index in [-0.39, 0.29) is 29.7 Å². The fourth-order valence-corrected chi connectivity index (χ4v) is 6.46. The normalized spacial score (nSPS) is 19.5. The number of anilines is 3. The molecule has 11 nitrogen and oxygen atoms in total. The van der Waals surface area contributed by atoms with Crippen LogP contribution in [0, 0.1) is 0 Å². The van der Waals surface area contributed by atoms with Gasteiger partial charge in [-0.15, -0.1) is 0 Å². The Bertz CT molecular complexity index is 1710. The minimum atomic E-state index is -4.56. The SMILES string of the molecule is CNC1CCN(Cc2ccc(NC(=O)Nc3cc(-c4ccc5nc(N[C@H]6CC[C@H](N)CC6)ncc5c4)n(C)n3)cc2C(F)(F)F)CC1. The molecule has 6 rings (SSSR count). The summed E-state index contributed by atoms with van der Waals surface area (Å²) in [5, 5.41) is 17.0. The van der Waals surface area contributed by atoms with Crippen LogP contribution in [0.15, 0.2) is 48.7 Å². The van der Waals surface area contributed by atoms with Crippen molar-refractivity contribution in [2.45, 2.75) is 69.4 Å². The molecule has 47 heavy (non-hydrogen) atoms. The lowest BCUT2D eigenvalue weighted by atomic mass is 9.92. The molecule has 2 aromatic heterocycles. The van der Waals surface area contributed by atoms with E-state index in [2.05, 4.69) is 36.3 Å². The average molecular weight is 651 g/mol. The van der Waals surface area contributed by atoms with Crippen LogP contribution in [0.5, 0.6) is 0 Å². The molecule has 2 fully saturated rings. The van der Waals surface area contributed by atoms with Crippen LogP contribution in [0.1, 0.15) is 49.7 Å². The van der Waals surface area contributed by atoms with Gasteiger partial charge in [0.1, 0.15) is 0 Å². The molecule has 2 amide bonds. The number of nitrogens with one attached hydrogen (secondary N) is 4. The van der Waals surface area contributed by atoms with E-state index in [9.17, 15) is 18.0 Å². The number of amides is 2. The number of alkyl halides is 3. The minimum absolute atomic E-state index is 0.0408. The zero-order chi connectivity index (χ0) is 33.1. The lowest BCUT2D eigenvalue weighted by Crippen LogP contribution is -2.41. The van der Waals surface area contributed by atoms with Crippen molar-refractivity contribution in [2.75, 3.05) is 36.1 Å². The second-order valence-corrected chi connectivity index (χ2v) is 12.5. The summed E-state index contributed by atoms with van der Waals surface area (Å²) in [5.41, 5.74) is 7.85. The highest BCUT2D eigenvalue weighted by Crippen LogP contribution is 2.35. The van der Waals surface area contributed by atoms with Gasteiger partial charge in [-0.3, -0.25) is 14.9 Å². The molecule has 250 valence electrons. The maximum absolute atomic E-state index is 14.0. The van der Waals surface area contributed by atoms with Gasteiger partial charge >= 0.3 is 12.2 Å². The smallest absolute Gasteiger partial charge is 0.351 e. The number of carbonyl (C=O) groups is 1. The zero-order valence-corrected chi connectivity index (χ0v) is 26.6. The monoisotopic (exact) mass is 650 g/mol. The van der Waals surface area contributed by atoms with E-state index in [0.717, 1.165) is 79.8 Å². The summed E-state index contributed by atoms with van der Waals surface area (Å²) in [5.74, 6) is 0.839. The van der Waals surface area contributed by atoms with Crippen molar-refractivity contribution < 1.29 is 18.0 Å². The third kappa shape index (κ3) is 8.00. The molecule has 3 heterocycles. The first-order valence-corrected chi connectivity index (χ1v) is 16.0. The van der Waals surface area contributed by atoms with E-state index in [1.54, 1.807) is 24.0 Å². The van der Waals surface area contributed by atoms with Crippen molar-refractivity contribution in [3.05, 3.63) is 59.8 Å². The minimum Gasteiger partial charge on any atom is -0.351 e. The number of rotatable bonds is 8. The third-order valence-electron chi connectivity index (χ3n) is 9.16. The maximum Gasteiger partial charge on any atom is 0.416 e. The number of likely N-dealkylation sites (tertiary alicyclic amines) is 1. The first kappa shape index (κ1) is 32.7. The molecule has 14 heteroatoms. The Balaban J connectivity index is 1.10. The fraction of sp³-hybridized carbons (Fsp3) is 0.455. The predicted octanol–water partition coefficient (Wildman–Crippen LogP) is 5.56. The molecule has 6 N–H and O–H groups in total. The molecule has 2 aromatic carbocycles. The van der Waals surface area contributed by atoms with Crippen molar-refractivity contribution in [3.8, 4) is 11.3 Å². The highest BCUT2D eigenvalue weighted by Gasteiger charge is 2.34. The summed E-state index contributed by atoms with van der Waals surface area (Å²) in [6.07, 6.45) is 2.95. The van der Waals surface area contributed by atoms with Crippen LogP contribution in [-0.4, -0.2) is 68.9 Å². The third-order valence-corrected chi connectivity index (χ3v) is 9.16. The number of hydrogen-bond donors (Lipinski definition) is 5. The number of fused-ring (bicyclic) bond motifs is 1. The van der Waals surface area contributed by atoms with Gasteiger partial charge < -0.3 is 21.7 Å². The first-order valence-electron chi connectivity index (χ1n) is 16.0. The van der Waals surface area contributed by atoms with E-state index in [4.69, 9.17) is 5.73 Å². The fourth-order valence-electron chi connectivity index (χ4n) is 6.46. The van der Waals surface area contributed by atoms with Gasteiger partial charge in [0, 0.05) is 60.6 Å². The van der Waals surface area contributed by atoms with Gasteiger partial charge in [-0.1, -0.05) is 12.1 Å². The molecule has 1 saturated carbocycles. The van der Waals surface area contributed by atoms with Gasteiger partial charge in [0.25, 0.3) is 0 Å². The standard InChI is InChI=1S/C33H41F3N10O/c1-38-24-11-13-46(14-12-24)19-21-3-7-26(16-27(21)33(34,35)36)41-32(47)43-30-17-29(45(2)44-30)20-4-10-28-22(15-20)18-39-31(42-28)40-25-8-5-23(37)6-9-25/h3-4,7,10,15-18,23-25,38H,5-6,8-9,11-14,19,37H2,1-2H3,(H,39,40,42)(H2,41,43,44,47)/t23-,25-. The molecule has 2 aliphatic rings. The number of benzene rings is 2. The lowest BCUT2D eigenvalue weighted by Gasteiger charge is -2.32. The predicted molar refractivity (Wildman–Crippen MR) is 177 cm³/mol. The summed E-state index contributed by atoms with van der Waals surface area (Å²) in [6.45, 7) is 1.64. The molecule has 0 spiro atoms. The van der Waals surface area contributed by atoms with Crippen molar-refractivity contribution in [1.29, 1.82) is 0 Å². The highest BCUT2D eigenvalue weighted by atomic mass is 19.4. The molecular formula is C33H41F3N10O. The molecule has 0 unspecified atom stereocenters. The van der Waals surface area contributed by atoms with Gasteiger partial charge in [-0.05, 0) is 88.5 Å². The Morgan fingerprint density at radius 2 is 1.74 bits per heavy atom. The number of carbonyl (C=O) groups excluding carboxylic acids is 1. The largest absolute Gasteiger partial charge is 0.416 e. The van der Waals surface area contributed by atoms with Crippen LogP contribution in [-0.2, 0) is 19.8 Å². The van der Waals surface area contributed by atoms with E-state index in [0.29, 0.717) is 18.0 Å². The van der Waals surface area contributed by atoms with Crippen LogP contribution >= 0.6 is 0 Å². The van der Waals surface area contributed by atoms with Crippen molar-refractivity contribution in [1.82, 2.24) is 30.0 Å². The van der Waals surface area contributed by atoms with Crippen molar-refractivity contribution in [3.63, 3.8) is 0 Å². The molecule has 0 atom stereocenters. The molecule has 0 bridgehead atoms. The van der Waals surface area contributed by atoms with Gasteiger partial charge in [-0.25, -0.2) is 14.8 Å². The number of piperidine rings is 1. The number of nitrogens with two attached hydrogens (primary N) is 1. The van der Waals surface area contributed by atoms with Crippen LogP contribution in [0.3, 0.4) is 0 Å². The molecule has 1 aliphatic carbocycles. The Morgan fingerprint density at radius 1 is 0.979 bits per heavy atom. The van der Waals surface area contributed by atoms with Crippen LogP contribution in [0.4, 0.5) is 35.4 Å². The van der Waals surface area contributed by atoms with E-state index in [1.807, 2.05) is 30.1 Å². The molecule has 0 radical (unpaired) electrons. The molecule has 1 saturated heterocycles. The topological polar surface area (TPSA) is 138 Å². The molecular weight excluding hydrogens is 609 g/mol. The summed E-state index contributed by atoms with van der Waals surface area (Å²) in [6, 6.07) is 11.7. The number of nitrogens with zero attached hydrogens (tertiary/aromatic N) is 5. The van der Waals surface area contributed by atoms with Gasteiger partial charge in [0.05, 0.1) is 16.8 Å². The number of aryl methyl sites for hydroxylation is 1. The maximum atomic E-state index is 14.0. The van der Waals surface area contributed by atoms with Crippen LogP contribution in [0.2, 0.25) is 0 Å². The number of hydrogen-bond acceptors (Lipinski definition) is 8. The van der Waals surface area contributed by atoms with E-state index >= 15 is 0 Å². The van der Waals surface area contributed by atoms with Crippen LogP contribution in [0.25, 0.3) is 22.2 Å². The second kappa shape index (κ2) is 13.8. The van der Waals surface area contributed by atoms with Gasteiger partial charge in [-0.2, -0.15) is 18.3 Å². The number of urea groups is 1. The van der Waals surface area contributed by atoms with Crippen LogP contribution < -0.4 is 27.0 Å². The highest BCUT2D eigenvalue weighted by molar-refractivity contribution is 5.99. The Labute approximate surface area is 271 Å². The number of halogens is 3. The first-order chi connectivity index (χ1) is 22.5. The summed E-state index contributed by atoms with van der Waals surface area (Å²) >= 11 is 0. The molecule has 4 aromatic rings. The lowest BCUT2D eigenvalue weighted by molar-refractivity contribution is -0.138. The summed E-state index contributed by atoms with van der Waals surface area (Å²) in [7, 11) is 3.65. The average Bonchev–Trinajstić information content (AvgIpc) is 3.41.